The van der Waals surface area contributed by atoms with Gasteiger partial charge in [-0.3, -0.25) is 14.9 Å². The number of aliphatic hydroxyl groups excluding tert-OH is 1. The first-order chi connectivity index (χ1) is 14.8. The zero-order chi connectivity index (χ0) is 24.0. The number of rotatable bonds is 5. The highest BCUT2D eigenvalue weighted by Gasteiger charge is 2.47. The van der Waals surface area contributed by atoms with Gasteiger partial charge in [0.25, 0.3) is 0 Å². The van der Waals surface area contributed by atoms with E-state index >= 15 is 0 Å². The second kappa shape index (κ2) is 8.02. The molecule has 32 heavy (non-hydrogen) atoms. The van der Waals surface area contributed by atoms with Gasteiger partial charge in [-0.25, -0.2) is 4.39 Å². The highest BCUT2D eigenvalue weighted by molar-refractivity contribution is 6.26. The molecule has 3 rings (SSSR count). The summed E-state index contributed by atoms with van der Waals surface area (Å²) in [7, 11) is 0. The molecule has 1 aliphatic heterocycles. The summed E-state index contributed by atoms with van der Waals surface area (Å²) in [6, 6.07) is 6.89. The van der Waals surface area contributed by atoms with Crippen LogP contribution in [0.15, 0.2) is 36.1 Å². The lowest BCUT2D eigenvalue weighted by atomic mass is 9.81. The average molecular weight is 443 g/mol. The zero-order valence-electron chi connectivity index (χ0n) is 18.9. The van der Waals surface area contributed by atoms with Gasteiger partial charge in [0.1, 0.15) is 28.5 Å². The van der Waals surface area contributed by atoms with Crippen LogP contribution in [-0.4, -0.2) is 27.0 Å². The summed E-state index contributed by atoms with van der Waals surface area (Å²) < 4.78 is 25.6. The van der Waals surface area contributed by atoms with Crippen molar-refractivity contribution in [2.75, 3.05) is 0 Å². The van der Waals surface area contributed by atoms with Gasteiger partial charge in [-0.05, 0) is 69.9 Å². The number of nitro groups is 1. The number of halogens is 1. The van der Waals surface area contributed by atoms with E-state index in [1.165, 1.54) is 13.0 Å². The van der Waals surface area contributed by atoms with Crippen LogP contribution in [0, 0.1) is 22.9 Å². The molecule has 0 bridgehead atoms. The highest BCUT2D eigenvalue weighted by atomic mass is 19.1. The van der Waals surface area contributed by atoms with Gasteiger partial charge in [-0.1, -0.05) is 13.0 Å². The Balaban J connectivity index is 2.17. The highest BCUT2D eigenvalue weighted by Crippen LogP contribution is 2.42. The molecule has 2 aromatic carbocycles. The van der Waals surface area contributed by atoms with Gasteiger partial charge in [0.05, 0.1) is 10.5 Å². The Labute approximate surface area is 185 Å². The second-order valence-electron chi connectivity index (χ2n) is 8.78. The number of nitro benzene ring substituents is 1. The standard InChI is InChI=1S/C24H26FNO6/c1-7-14-8-9-15(31-19-12-17(25)13(2)10-18(19)26(29)30)11-16(14)20-21(27)23(3,4)32-24(5,6)22(20)28/h8-12,27H,7H2,1-6H3. The minimum atomic E-state index is -1.17. The molecule has 1 heterocycles. The van der Waals surface area contributed by atoms with Gasteiger partial charge in [0.15, 0.2) is 5.78 Å². The van der Waals surface area contributed by atoms with E-state index in [0.717, 1.165) is 17.7 Å². The molecule has 2 aromatic rings. The van der Waals surface area contributed by atoms with Gasteiger partial charge < -0.3 is 14.6 Å². The second-order valence-corrected chi connectivity index (χ2v) is 8.78. The molecule has 0 saturated heterocycles. The van der Waals surface area contributed by atoms with Gasteiger partial charge in [0, 0.05) is 12.1 Å². The maximum absolute atomic E-state index is 14.1. The molecule has 0 aromatic heterocycles. The van der Waals surface area contributed by atoms with E-state index in [0.29, 0.717) is 12.0 Å². The van der Waals surface area contributed by atoms with Crippen molar-refractivity contribution in [3.05, 3.63) is 68.7 Å². The third-order valence-electron chi connectivity index (χ3n) is 5.49. The lowest BCUT2D eigenvalue weighted by molar-refractivity contribution is -0.385. The van der Waals surface area contributed by atoms with Crippen LogP contribution in [0.25, 0.3) is 5.57 Å². The third kappa shape index (κ3) is 4.10. The fraction of sp³-hybridized carbons (Fsp3) is 0.375. The average Bonchev–Trinajstić information content (AvgIpc) is 2.69. The predicted molar refractivity (Wildman–Crippen MR) is 117 cm³/mol. The van der Waals surface area contributed by atoms with Crippen LogP contribution in [0.5, 0.6) is 11.5 Å². The van der Waals surface area contributed by atoms with Gasteiger partial charge in [0.2, 0.25) is 5.75 Å². The third-order valence-corrected chi connectivity index (χ3v) is 5.49. The minimum absolute atomic E-state index is 0.109. The van der Waals surface area contributed by atoms with Crippen molar-refractivity contribution in [2.45, 2.75) is 59.2 Å². The lowest BCUT2D eigenvalue weighted by Gasteiger charge is -2.40. The van der Waals surface area contributed by atoms with E-state index in [4.69, 9.17) is 9.47 Å². The first-order valence-electron chi connectivity index (χ1n) is 10.2. The molecular weight excluding hydrogens is 417 g/mol. The number of nitrogens with zero attached hydrogens (tertiary/aromatic N) is 1. The fourth-order valence-electron chi connectivity index (χ4n) is 3.85. The Morgan fingerprint density at radius 1 is 1.16 bits per heavy atom. The van der Waals surface area contributed by atoms with Crippen molar-refractivity contribution in [3.63, 3.8) is 0 Å². The molecule has 0 radical (unpaired) electrons. The van der Waals surface area contributed by atoms with E-state index in [1.807, 2.05) is 6.92 Å². The first-order valence-corrected chi connectivity index (χ1v) is 10.2. The number of carbonyl (C=O) groups excluding carboxylic acids is 1. The number of ether oxygens (including phenoxy) is 2. The van der Waals surface area contributed by atoms with Crippen molar-refractivity contribution in [3.8, 4) is 11.5 Å². The Bertz CT molecular complexity index is 1150. The topological polar surface area (TPSA) is 98.9 Å². The number of hydrogen-bond donors (Lipinski definition) is 1. The smallest absolute Gasteiger partial charge is 0.312 e. The minimum Gasteiger partial charge on any atom is -0.508 e. The number of hydrogen-bond acceptors (Lipinski definition) is 6. The molecule has 0 amide bonds. The Kier molecular flexibility index (Phi) is 5.86. The summed E-state index contributed by atoms with van der Waals surface area (Å²) in [5.74, 6) is -1.33. The normalized spacial score (nSPS) is 17.4. The molecule has 7 nitrogen and oxygen atoms in total. The van der Waals surface area contributed by atoms with Crippen LogP contribution in [-0.2, 0) is 16.0 Å². The summed E-state index contributed by atoms with van der Waals surface area (Å²) in [6.45, 7) is 9.93. The number of Topliss-reactive ketones (excluding diaryl/α,β-unsaturated/α-hetero) is 1. The summed E-state index contributed by atoms with van der Waals surface area (Å²) in [6.07, 6.45) is 0.556. The van der Waals surface area contributed by atoms with E-state index in [2.05, 4.69) is 0 Å². The number of ketones is 1. The van der Waals surface area contributed by atoms with Crippen LogP contribution in [0.2, 0.25) is 0 Å². The summed E-state index contributed by atoms with van der Waals surface area (Å²) in [5, 5.41) is 22.3. The molecule has 0 aliphatic carbocycles. The number of aryl methyl sites for hydroxylation is 2. The van der Waals surface area contributed by atoms with Gasteiger partial charge in [-0.2, -0.15) is 0 Å². The Hall–Kier alpha value is -3.26. The quantitative estimate of drug-likeness (QED) is 0.462. The van der Waals surface area contributed by atoms with Crippen molar-refractivity contribution < 1.29 is 28.7 Å². The van der Waals surface area contributed by atoms with E-state index in [-0.39, 0.29) is 34.1 Å². The number of benzene rings is 2. The molecule has 1 aliphatic rings. The molecule has 1 N–H and O–H groups in total. The molecule has 170 valence electrons. The van der Waals surface area contributed by atoms with E-state index in [9.17, 15) is 24.4 Å². The monoisotopic (exact) mass is 443 g/mol. The van der Waals surface area contributed by atoms with Gasteiger partial charge in [-0.15, -0.1) is 0 Å². The molecule has 0 saturated carbocycles. The van der Waals surface area contributed by atoms with Crippen LogP contribution >= 0.6 is 0 Å². The fourth-order valence-corrected chi connectivity index (χ4v) is 3.85. The molecule has 0 unspecified atom stereocenters. The largest absolute Gasteiger partial charge is 0.508 e. The van der Waals surface area contributed by atoms with Crippen molar-refractivity contribution in [1.29, 1.82) is 0 Å². The molecular formula is C24H26FNO6. The SMILES string of the molecule is CCc1ccc(Oc2cc(F)c(C)cc2[N+](=O)[O-])cc1C1=C(O)C(C)(C)OC(C)(C)C1=O. The maximum atomic E-state index is 14.1. The first kappa shape index (κ1) is 23.4. The van der Waals surface area contributed by atoms with Crippen molar-refractivity contribution in [1.82, 2.24) is 0 Å². The zero-order valence-corrected chi connectivity index (χ0v) is 18.9. The molecule has 0 spiro atoms. The van der Waals surface area contributed by atoms with Gasteiger partial charge >= 0.3 is 5.69 Å². The molecule has 0 atom stereocenters. The maximum Gasteiger partial charge on any atom is 0.312 e. The number of carbonyl (C=O) groups is 1. The molecule has 0 fully saturated rings. The van der Waals surface area contributed by atoms with E-state index in [1.54, 1.807) is 39.8 Å². The Morgan fingerprint density at radius 2 is 1.81 bits per heavy atom. The van der Waals surface area contributed by atoms with Crippen molar-refractivity contribution in [2.24, 2.45) is 0 Å². The van der Waals surface area contributed by atoms with Crippen LogP contribution in [0.1, 0.15) is 51.3 Å². The van der Waals surface area contributed by atoms with Crippen LogP contribution in [0.3, 0.4) is 0 Å². The molecule has 8 heteroatoms. The number of aliphatic hydroxyl groups is 1. The summed E-state index contributed by atoms with van der Waals surface area (Å²) >= 11 is 0. The van der Waals surface area contributed by atoms with E-state index < -0.39 is 27.7 Å². The Morgan fingerprint density at radius 3 is 2.41 bits per heavy atom. The lowest BCUT2D eigenvalue weighted by Crippen LogP contribution is -2.49. The van der Waals surface area contributed by atoms with Crippen LogP contribution < -0.4 is 4.74 Å². The summed E-state index contributed by atoms with van der Waals surface area (Å²) in [5.41, 5.74) is -1.22. The summed E-state index contributed by atoms with van der Waals surface area (Å²) in [4.78, 5) is 24.0. The predicted octanol–water partition coefficient (Wildman–Crippen LogP) is 5.82. The van der Waals surface area contributed by atoms with Crippen LogP contribution in [0.4, 0.5) is 10.1 Å². The van der Waals surface area contributed by atoms with Crippen molar-refractivity contribution >= 4 is 17.0 Å².